The SMILES string of the molecule is CC(O)c1ccnc(N(C)CC2CCCOC2)c1. The molecule has 1 aromatic rings. The van der Waals surface area contributed by atoms with Crippen LogP contribution in [0.5, 0.6) is 0 Å². The van der Waals surface area contributed by atoms with Crippen LogP contribution in [0.15, 0.2) is 18.3 Å². The summed E-state index contributed by atoms with van der Waals surface area (Å²) < 4.78 is 5.49. The lowest BCUT2D eigenvalue weighted by Crippen LogP contribution is -2.31. The van der Waals surface area contributed by atoms with E-state index in [-0.39, 0.29) is 0 Å². The summed E-state index contributed by atoms with van der Waals surface area (Å²) in [5.74, 6) is 1.50. The van der Waals surface area contributed by atoms with Crippen molar-refractivity contribution in [3.63, 3.8) is 0 Å². The number of hydrogen-bond acceptors (Lipinski definition) is 4. The predicted molar refractivity (Wildman–Crippen MR) is 71.7 cm³/mol. The fourth-order valence-electron chi connectivity index (χ4n) is 2.33. The standard InChI is InChI=1S/C14H22N2O2/c1-11(17)13-5-6-15-14(8-13)16(2)9-12-4-3-7-18-10-12/h5-6,8,11-12,17H,3-4,7,9-10H2,1-2H3. The zero-order valence-electron chi connectivity index (χ0n) is 11.2. The van der Waals surface area contributed by atoms with Crippen molar-refractivity contribution in [3.8, 4) is 0 Å². The Kier molecular flexibility index (Phi) is 4.55. The molecule has 0 saturated carbocycles. The van der Waals surface area contributed by atoms with Gasteiger partial charge in [0.2, 0.25) is 0 Å². The highest BCUT2D eigenvalue weighted by molar-refractivity contribution is 5.40. The van der Waals surface area contributed by atoms with Crippen LogP contribution in [0.3, 0.4) is 0 Å². The lowest BCUT2D eigenvalue weighted by molar-refractivity contribution is 0.0576. The second-order valence-corrected chi connectivity index (χ2v) is 5.09. The fourth-order valence-corrected chi connectivity index (χ4v) is 2.33. The molecule has 0 aromatic carbocycles. The maximum absolute atomic E-state index is 9.59. The Balaban J connectivity index is 1.99. The van der Waals surface area contributed by atoms with Gasteiger partial charge in [0.15, 0.2) is 0 Å². The molecule has 1 aliphatic rings. The van der Waals surface area contributed by atoms with Crippen LogP contribution >= 0.6 is 0 Å². The summed E-state index contributed by atoms with van der Waals surface area (Å²) in [5, 5.41) is 9.59. The third kappa shape index (κ3) is 3.43. The van der Waals surface area contributed by atoms with E-state index < -0.39 is 6.10 Å². The van der Waals surface area contributed by atoms with Gasteiger partial charge in [-0.05, 0) is 43.4 Å². The molecule has 1 fully saturated rings. The first-order valence-corrected chi connectivity index (χ1v) is 6.59. The van der Waals surface area contributed by atoms with E-state index in [1.807, 2.05) is 19.2 Å². The fraction of sp³-hybridized carbons (Fsp3) is 0.643. The van der Waals surface area contributed by atoms with E-state index in [2.05, 4.69) is 9.88 Å². The van der Waals surface area contributed by atoms with Crippen LogP contribution < -0.4 is 4.90 Å². The number of nitrogens with zero attached hydrogens (tertiary/aromatic N) is 2. The topological polar surface area (TPSA) is 45.6 Å². The molecule has 0 aliphatic carbocycles. The number of aliphatic hydroxyl groups is 1. The van der Waals surface area contributed by atoms with Gasteiger partial charge in [-0.15, -0.1) is 0 Å². The lowest BCUT2D eigenvalue weighted by atomic mass is 10.0. The van der Waals surface area contributed by atoms with Crippen LogP contribution in [0.1, 0.15) is 31.4 Å². The quantitative estimate of drug-likeness (QED) is 0.887. The highest BCUT2D eigenvalue weighted by atomic mass is 16.5. The summed E-state index contributed by atoms with van der Waals surface area (Å²) in [6.07, 6.45) is 3.68. The molecule has 18 heavy (non-hydrogen) atoms. The summed E-state index contributed by atoms with van der Waals surface area (Å²) in [5.41, 5.74) is 0.909. The zero-order chi connectivity index (χ0) is 13.0. The summed E-state index contributed by atoms with van der Waals surface area (Å²) >= 11 is 0. The monoisotopic (exact) mass is 250 g/mol. The number of hydrogen-bond donors (Lipinski definition) is 1. The Bertz CT molecular complexity index is 376. The normalized spacial score (nSPS) is 21.6. The van der Waals surface area contributed by atoms with Crippen molar-refractivity contribution < 1.29 is 9.84 Å². The molecule has 4 heteroatoms. The second kappa shape index (κ2) is 6.16. The maximum Gasteiger partial charge on any atom is 0.128 e. The molecule has 1 N–H and O–H groups in total. The number of anilines is 1. The Hall–Kier alpha value is -1.13. The molecule has 2 unspecified atom stereocenters. The predicted octanol–water partition coefficient (Wildman–Crippen LogP) is 2.00. The zero-order valence-corrected chi connectivity index (χ0v) is 11.2. The summed E-state index contributed by atoms with van der Waals surface area (Å²) in [4.78, 5) is 6.51. The van der Waals surface area contributed by atoms with Crippen molar-refractivity contribution in [3.05, 3.63) is 23.9 Å². The molecule has 100 valence electrons. The Morgan fingerprint density at radius 2 is 2.44 bits per heavy atom. The van der Waals surface area contributed by atoms with E-state index in [1.54, 1.807) is 13.1 Å². The molecule has 0 radical (unpaired) electrons. The molecule has 0 amide bonds. The van der Waals surface area contributed by atoms with Gasteiger partial charge < -0.3 is 14.7 Å². The van der Waals surface area contributed by atoms with E-state index in [9.17, 15) is 5.11 Å². The molecule has 4 nitrogen and oxygen atoms in total. The molecule has 2 atom stereocenters. The Morgan fingerprint density at radius 1 is 1.61 bits per heavy atom. The number of ether oxygens (including phenoxy) is 1. The largest absolute Gasteiger partial charge is 0.389 e. The first kappa shape index (κ1) is 13.3. The van der Waals surface area contributed by atoms with Crippen LogP contribution in [0.4, 0.5) is 5.82 Å². The average molecular weight is 250 g/mol. The van der Waals surface area contributed by atoms with Gasteiger partial charge in [0, 0.05) is 26.4 Å². The van der Waals surface area contributed by atoms with E-state index in [0.29, 0.717) is 5.92 Å². The highest BCUT2D eigenvalue weighted by Gasteiger charge is 2.17. The van der Waals surface area contributed by atoms with Crippen LogP contribution in [-0.4, -0.2) is 36.9 Å². The molecule has 2 rings (SSSR count). The first-order valence-electron chi connectivity index (χ1n) is 6.59. The van der Waals surface area contributed by atoms with Crippen molar-refractivity contribution in [2.75, 3.05) is 31.7 Å². The minimum Gasteiger partial charge on any atom is -0.389 e. The van der Waals surface area contributed by atoms with E-state index in [0.717, 1.165) is 37.6 Å². The Morgan fingerprint density at radius 3 is 3.11 bits per heavy atom. The van der Waals surface area contributed by atoms with Gasteiger partial charge in [-0.1, -0.05) is 0 Å². The van der Waals surface area contributed by atoms with Crippen molar-refractivity contribution in [2.24, 2.45) is 5.92 Å². The van der Waals surface area contributed by atoms with Crippen LogP contribution in [0.25, 0.3) is 0 Å². The van der Waals surface area contributed by atoms with Gasteiger partial charge in [-0.25, -0.2) is 4.98 Å². The molecule has 2 heterocycles. The van der Waals surface area contributed by atoms with E-state index >= 15 is 0 Å². The van der Waals surface area contributed by atoms with E-state index in [1.165, 1.54) is 6.42 Å². The molecule has 1 aromatic heterocycles. The number of aliphatic hydroxyl groups excluding tert-OH is 1. The molecule has 1 saturated heterocycles. The van der Waals surface area contributed by atoms with Crippen LogP contribution in [0, 0.1) is 5.92 Å². The molecular weight excluding hydrogens is 228 g/mol. The lowest BCUT2D eigenvalue weighted by Gasteiger charge is -2.28. The second-order valence-electron chi connectivity index (χ2n) is 5.09. The van der Waals surface area contributed by atoms with Crippen LogP contribution in [-0.2, 0) is 4.74 Å². The molecule has 0 spiro atoms. The Labute approximate surface area is 109 Å². The van der Waals surface area contributed by atoms with Crippen molar-refractivity contribution in [1.82, 2.24) is 4.98 Å². The van der Waals surface area contributed by atoms with E-state index in [4.69, 9.17) is 4.74 Å². The van der Waals surface area contributed by atoms with Crippen molar-refractivity contribution in [2.45, 2.75) is 25.9 Å². The van der Waals surface area contributed by atoms with Crippen molar-refractivity contribution >= 4 is 5.82 Å². The third-order valence-electron chi connectivity index (χ3n) is 3.43. The third-order valence-corrected chi connectivity index (χ3v) is 3.43. The summed E-state index contributed by atoms with van der Waals surface area (Å²) in [6.45, 7) is 4.47. The maximum atomic E-state index is 9.59. The smallest absolute Gasteiger partial charge is 0.128 e. The first-order chi connectivity index (χ1) is 8.66. The minimum atomic E-state index is -0.446. The average Bonchev–Trinajstić information content (AvgIpc) is 2.40. The van der Waals surface area contributed by atoms with Gasteiger partial charge in [-0.3, -0.25) is 0 Å². The highest BCUT2D eigenvalue weighted by Crippen LogP contribution is 2.20. The molecule has 0 bridgehead atoms. The number of pyridine rings is 1. The number of rotatable bonds is 4. The van der Waals surface area contributed by atoms with Gasteiger partial charge in [0.1, 0.15) is 5.82 Å². The van der Waals surface area contributed by atoms with Crippen LogP contribution in [0.2, 0.25) is 0 Å². The van der Waals surface area contributed by atoms with Gasteiger partial charge >= 0.3 is 0 Å². The number of aromatic nitrogens is 1. The summed E-state index contributed by atoms with van der Waals surface area (Å²) in [7, 11) is 2.04. The van der Waals surface area contributed by atoms with Gasteiger partial charge in [-0.2, -0.15) is 0 Å². The van der Waals surface area contributed by atoms with Crippen molar-refractivity contribution in [1.29, 1.82) is 0 Å². The molecular formula is C14H22N2O2. The molecule has 1 aliphatic heterocycles. The minimum absolute atomic E-state index is 0.446. The van der Waals surface area contributed by atoms with Gasteiger partial charge in [0.05, 0.1) is 12.7 Å². The summed E-state index contributed by atoms with van der Waals surface area (Å²) in [6, 6.07) is 3.81. The van der Waals surface area contributed by atoms with Gasteiger partial charge in [0.25, 0.3) is 0 Å².